The molecule has 0 aromatic rings. The van der Waals surface area contributed by atoms with E-state index in [1.807, 2.05) is 6.92 Å². The van der Waals surface area contributed by atoms with Crippen molar-refractivity contribution in [2.24, 2.45) is 0 Å². The van der Waals surface area contributed by atoms with Crippen LogP contribution in [0.25, 0.3) is 0 Å². The minimum Gasteiger partial charge on any atom is -0.467 e. The molecule has 0 aliphatic carbocycles. The van der Waals surface area contributed by atoms with Gasteiger partial charge >= 0.3 is 5.97 Å². The zero-order valence-electron chi connectivity index (χ0n) is 9.04. The van der Waals surface area contributed by atoms with Crippen molar-refractivity contribution in [1.82, 2.24) is 0 Å². The van der Waals surface area contributed by atoms with Gasteiger partial charge in [-0.3, -0.25) is 0 Å². The quantitative estimate of drug-likeness (QED) is 0.265. The maximum Gasteiger partial charge on any atom is 0.329 e. The molecule has 0 saturated carbocycles. The van der Waals surface area contributed by atoms with Gasteiger partial charge < -0.3 is 14.2 Å². The molecular weight excluding hydrogens is 200 g/mol. The highest BCUT2D eigenvalue weighted by atomic mass is 28.2. The van der Waals surface area contributed by atoms with Crippen LogP contribution in [-0.4, -0.2) is 41.3 Å². The maximum atomic E-state index is 10.8. The van der Waals surface area contributed by atoms with Gasteiger partial charge in [-0.05, 0) is 6.42 Å². The molecule has 0 fully saturated rings. The summed E-state index contributed by atoms with van der Waals surface area (Å²) in [5.74, 6) is -0.394. The van der Waals surface area contributed by atoms with Crippen LogP contribution in [-0.2, 0) is 19.0 Å². The zero-order chi connectivity index (χ0) is 11.0. The summed E-state index contributed by atoms with van der Waals surface area (Å²) < 4.78 is 15.4. The summed E-state index contributed by atoms with van der Waals surface area (Å²) in [7, 11) is 2.44. The van der Waals surface area contributed by atoms with Gasteiger partial charge in [0.2, 0.25) is 0 Å². The Labute approximate surface area is 87.0 Å². The molecule has 0 heterocycles. The van der Waals surface area contributed by atoms with Crippen molar-refractivity contribution in [2.75, 3.05) is 20.4 Å². The first kappa shape index (κ1) is 13.3. The van der Waals surface area contributed by atoms with Gasteiger partial charge in [-0.15, -0.1) is 0 Å². The van der Waals surface area contributed by atoms with E-state index in [9.17, 15) is 4.79 Å². The van der Waals surface area contributed by atoms with E-state index in [0.29, 0.717) is 6.23 Å². The number of hydrogen-bond acceptors (Lipinski definition) is 4. The first-order valence-corrected chi connectivity index (χ1v) is 6.24. The highest BCUT2D eigenvalue weighted by Crippen LogP contribution is 2.13. The van der Waals surface area contributed by atoms with Gasteiger partial charge in [-0.1, -0.05) is 13.5 Å². The van der Waals surface area contributed by atoms with Crippen LogP contribution in [0.1, 0.15) is 13.3 Å². The lowest BCUT2D eigenvalue weighted by Crippen LogP contribution is -2.42. The van der Waals surface area contributed by atoms with Crippen molar-refractivity contribution in [3.63, 3.8) is 0 Å². The molecule has 0 rings (SSSR count). The molecule has 0 aromatic carbocycles. The van der Waals surface area contributed by atoms with Crippen molar-refractivity contribution < 1.29 is 19.0 Å². The molecule has 0 unspecified atom stereocenters. The number of methoxy groups -OCH3 is 2. The molecule has 14 heavy (non-hydrogen) atoms. The SMILES string of the molecule is C=CC(=O)OC[SiH2]C(CC)(OC)OC. The molecule has 0 bridgehead atoms. The zero-order valence-corrected chi connectivity index (χ0v) is 10.5. The summed E-state index contributed by atoms with van der Waals surface area (Å²) in [6, 6.07) is 0. The normalized spacial score (nSPS) is 11.9. The predicted molar refractivity (Wildman–Crippen MR) is 56.7 cm³/mol. The summed E-state index contributed by atoms with van der Waals surface area (Å²) in [4.78, 5) is 10.8. The van der Waals surface area contributed by atoms with Gasteiger partial charge in [-0.2, -0.15) is 0 Å². The van der Waals surface area contributed by atoms with Gasteiger partial charge in [0, 0.05) is 20.3 Å². The van der Waals surface area contributed by atoms with E-state index in [2.05, 4.69) is 6.58 Å². The van der Waals surface area contributed by atoms with Gasteiger partial charge in [0.25, 0.3) is 0 Å². The lowest BCUT2D eigenvalue weighted by molar-refractivity contribution is -0.149. The van der Waals surface area contributed by atoms with Gasteiger partial charge in [-0.25, -0.2) is 4.79 Å². The first-order chi connectivity index (χ1) is 6.64. The lowest BCUT2D eigenvalue weighted by Gasteiger charge is -2.29. The number of hydrogen-bond donors (Lipinski definition) is 0. The molecule has 82 valence electrons. The fourth-order valence-electron chi connectivity index (χ4n) is 1.12. The highest BCUT2D eigenvalue weighted by molar-refractivity contribution is 6.39. The molecule has 0 aliphatic heterocycles. The third-order valence-corrected chi connectivity index (χ3v) is 4.42. The Morgan fingerprint density at radius 3 is 2.43 bits per heavy atom. The number of carbonyl (C=O) groups is 1. The molecule has 5 heteroatoms. The molecule has 0 spiro atoms. The third kappa shape index (κ3) is 4.04. The second kappa shape index (κ2) is 6.75. The largest absolute Gasteiger partial charge is 0.467 e. The lowest BCUT2D eigenvalue weighted by atomic mass is 10.5. The van der Waals surface area contributed by atoms with Crippen molar-refractivity contribution in [1.29, 1.82) is 0 Å². The van der Waals surface area contributed by atoms with E-state index in [4.69, 9.17) is 14.2 Å². The monoisotopic (exact) mass is 218 g/mol. The van der Waals surface area contributed by atoms with Crippen LogP contribution in [0.5, 0.6) is 0 Å². The molecular formula is C9H18O4Si. The molecule has 0 saturated heterocycles. The Morgan fingerprint density at radius 1 is 1.50 bits per heavy atom. The molecule has 0 aromatic heterocycles. The predicted octanol–water partition coefficient (Wildman–Crippen LogP) is 0.198. The van der Waals surface area contributed by atoms with Crippen LogP contribution in [0.2, 0.25) is 0 Å². The Morgan fingerprint density at radius 2 is 2.07 bits per heavy atom. The fraction of sp³-hybridized carbons (Fsp3) is 0.667. The van der Waals surface area contributed by atoms with E-state index in [-0.39, 0.29) is 0 Å². The smallest absolute Gasteiger partial charge is 0.329 e. The maximum absolute atomic E-state index is 10.8. The van der Waals surface area contributed by atoms with Crippen LogP contribution in [0, 0.1) is 0 Å². The van der Waals surface area contributed by atoms with Crippen molar-refractivity contribution in [2.45, 2.75) is 18.8 Å². The van der Waals surface area contributed by atoms with E-state index < -0.39 is 20.9 Å². The standard InChI is InChI=1S/C9H18O4Si/c1-5-8(10)13-7-14-9(6-2,11-3)12-4/h5H,1,6-7,14H2,2-4H3. The Hall–Kier alpha value is -0.653. The molecule has 0 N–H and O–H groups in total. The molecule has 0 aliphatic rings. The Bertz CT molecular complexity index is 181. The second-order valence-corrected chi connectivity index (χ2v) is 4.78. The molecule has 0 amide bonds. The summed E-state index contributed by atoms with van der Waals surface area (Å²) >= 11 is 0. The highest BCUT2D eigenvalue weighted by Gasteiger charge is 2.27. The van der Waals surface area contributed by atoms with E-state index in [1.54, 1.807) is 14.2 Å². The number of ether oxygens (including phenoxy) is 3. The Balaban J connectivity index is 3.94. The minimum atomic E-state index is -0.769. The van der Waals surface area contributed by atoms with Crippen molar-refractivity contribution >= 4 is 15.5 Å². The first-order valence-electron chi connectivity index (χ1n) is 4.53. The molecule has 4 nitrogen and oxygen atoms in total. The third-order valence-electron chi connectivity index (χ3n) is 2.18. The summed E-state index contributed by atoms with van der Waals surface area (Å²) in [6.45, 7) is 5.30. The average molecular weight is 218 g/mol. The average Bonchev–Trinajstić information content (AvgIpc) is 2.25. The van der Waals surface area contributed by atoms with Gasteiger partial charge in [0.05, 0.1) is 6.23 Å². The van der Waals surface area contributed by atoms with Crippen LogP contribution in [0.4, 0.5) is 0 Å². The topological polar surface area (TPSA) is 44.8 Å². The fourth-order valence-corrected chi connectivity index (χ4v) is 2.50. The number of carbonyl (C=O) groups excluding carboxylic acids is 1. The van der Waals surface area contributed by atoms with Gasteiger partial charge in [0.1, 0.15) is 14.9 Å². The van der Waals surface area contributed by atoms with Crippen LogP contribution >= 0.6 is 0 Å². The van der Waals surface area contributed by atoms with Crippen molar-refractivity contribution in [3.05, 3.63) is 12.7 Å². The molecule has 0 radical (unpaired) electrons. The Kier molecular flexibility index (Phi) is 6.43. The van der Waals surface area contributed by atoms with Gasteiger partial charge in [0.15, 0.2) is 0 Å². The van der Waals surface area contributed by atoms with E-state index in [0.717, 1.165) is 12.5 Å². The number of rotatable bonds is 7. The molecule has 0 atom stereocenters. The summed E-state index contributed by atoms with van der Waals surface area (Å²) in [6.07, 6.45) is 2.32. The summed E-state index contributed by atoms with van der Waals surface area (Å²) in [5.41, 5.74) is -0.512. The van der Waals surface area contributed by atoms with Crippen LogP contribution in [0.3, 0.4) is 0 Å². The summed E-state index contributed by atoms with van der Waals surface area (Å²) in [5, 5.41) is 0. The van der Waals surface area contributed by atoms with Crippen molar-refractivity contribution in [3.8, 4) is 0 Å². The van der Waals surface area contributed by atoms with E-state index >= 15 is 0 Å². The van der Waals surface area contributed by atoms with E-state index in [1.165, 1.54) is 0 Å². The second-order valence-electron chi connectivity index (χ2n) is 2.79. The van der Waals surface area contributed by atoms with Crippen LogP contribution in [0.15, 0.2) is 12.7 Å². The number of esters is 1. The van der Waals surface area contributed by atoms with Crippen LogP contribution < -0.4 is 0 Å². The minimum absolute atomic E-state index is 0.394.